The van der Waals surface area contributed by atoms with Crippen LogP contribution in [0.5, 0.6) is 0 Å². The van der Waals surface area contributed by atoms with E-state index in [0.29, 0.717) is 0 Å². The number of thioether (sulfide) groups is 1. The lowest BCUT2D eigenvalue weighted by atomic mass is 9.91. The Balaban J connectivity index is 1.99. The predicted octanol–water partition coefficient (Wildman–Crippen LogP) is 4.39. The van der Waals surface area contributed by atoms with Crippen LogP contribution in [0.1, 0.15) is 43.7 Å². The molecule has 0 bridgehead atoms. The van der Waals surface area contributed by atoms with Gasteiger partial charge in [0.15, 0.2) is 0 Å². The molecule has 18 heavy (non-hydrogen) atoms. The number of benzene rings is 1. The van der Waals surface area contributed by atoms with Crippen LogP contribution in [0, 0.1) is 12.8 Å². The fourth-order valence-electron chi connectivity index (χ4n) is 2.81. The fourth-order valence-corrected chi connectivity index (χ4v) is 4.29. The fraction of sp³-hybridized carbons (Fsp3) is 0.625. The lowest BCUT2D eigenvalue weighted by molar-refractivity contribution is 0.394. The van der Waals surface area contributed by atoms with Crippen molar-refractivity contribution < 1.29 is 0 Å². The summed E-state index contributed by atoms with van der Waals surface area (Å²) in [6.07, 6.45) is 5.63. The second kappa shape index (κ2) is 6.63. The minimum absolute atomic E-state index is 0.836. The lowest BCUT2D eigenvalue weighted by Crippen LogP contribution is -2.14. The van der Waals surface area contributed by atoms with E-state index in [4.69, 9.17) is 0 Å². The molecule has 1 aliphatic carbocycles. The van der Waals surface area contributed by atoms with Gasteiger partial charge in [-0.05, 0) is 56.0 Å². The van der Waals surface area contributed by atoms with E-state index in [2.05, 4.69) is 49.1 Å². The first-order chi connectivity index (χ1) is 8.69. The molecule has 2 unspecified atom stereocenters. The molecule has 2 heteroatoms. The first-order valence-electron chi connectivity index (χ1n) is 7.10. The first-order valence-corrected chi connectivity index (χ1v) is 7.97. The van der Waals surface area contributed by atoms with E-state index in [1.807, 2.05) is 7.05 Å². The van der Waals surface area contributed by atoms with Crippen LogP contribution < -0.4 is 5.32 Å². The van der Waals surface area contributed by atoms with Crippen molar-refractivity contribution in [3.8, 4) is 0 Å². The van der Waals surface area contributed by atoms with Crippen LogP contribution in [0.2, 0.25) is 0 Å². The normalized spacial score (nSPS) is 24.2. The Kier molecular flexibility index (Phi) is 5.13. The molecule has 0 saturated heterocycles. The van der Waals surface area contributed by atoms with Crippen molar-refractivity contribution in [2.24, 2.45) is 5.92 Å². The molecule has 1 fully saturated rings. The van der Waals surface area contributed by atoms with Crippen LogP contribution in [0.4, 0.5) is 0 Å². The topological polar surface area (TPSA) is 12.0 Å². The van der Waals surface area contributed by atoms with Gasteiger partial charge in [-0.1, -0.05) is 25.8 Å². The average Bonchev–Trinajstić information content (AvgIpc) is 2.33. The minimum Gasteiger partial charge on any atom is -0.316 e. The molecule has 0 heterocycles. The van der Waals surface area contributed by atoms with Gasteiger partial charge in [0.05, 0.1) is 0 Å². The summed E-state index contributed by atoms with van der Waals surface area (Å²) < 4.78 is 0. The Hall–Kier alpha value is -0.470. The zero-order valence-electron chi connectivity index (χ0n) is 11.8. The number of nitrogens with one attached hydrogen (secondary N) is 1. The highest BCUT2D eigenvalue weighted by atomic mass is 32.2. The van der Waals surface area contributed by atoms with Gasteiger partial charge in [0.2, 0.25) is 0 Å². The largest absolute Gasteiger partial charge is 0.316 e. The standard InChI is InChI=1S/C16H25NS/c1-12-5-4-6-15(9-12)18-16-8-7-14(11-17-3)13(2)10-16/h7-8,10,12,15,17H,4-6,9,11H2,1-3H3. The highest BCUT2D eigenvalue weighted by Crippen LogP contribution is 2.36. The van der Waals surface area contributed by atoms with Gasteiger partial charge in [0, 0.05) is 16.7 Å². The summed E-state index contributed by atoms with van der Waals surface area (Å²) in [4.78, 5) is 1.45. The van der Waals surface area contributed by atoms with E-state index in [1.54, 1.807) is 0 Å². The van der Waals surface area contributed by atoms with Crippen molar-refractivity contribution in [1.82, 2.24) is 5.32 Å². The minimum atomic E-state index is 0.836. The van der Waals surface area contributed by atoms with Crippen molar-refractivity contribution in [3.05, 3.63) is 29.3 Å². The lowest BCUT2D eigenvalue weighted by Gasteiger charge is -2.26. The van der Waals surface area contributed by atoms with Gasteiger partial charge in [-0.25, -0.2) is 0 Å². The van der Waals surface area contributed by atoms with Gasteiger partial charge >= 0.3 is 0 Å². The highest BCUT2D eigenvalue weighted by molar-refractivity contribution is 8.00. The molecular weight excluding hydrogens is 238 g/mol. The third-order valence-corrected chi connectivity index (χ3v) is 5.16. The molecular formula is C16H25NS. The molecule has 0 aromatic heterocycles. The van der Waals surface area contributed by atoms with Crippen LogP contribution in [-0.2, 0) is 6.54 Å². The van der Waals surface area contributed by atoms with Gasteiger partial charge in [-0.3, -0.25) is 0 Å². The van der Waals surface area contributed by atoms with Crippen molar-refractivity contribution >= 4 is 11.8 Å². The monoisotopic (exact) mass is 263 g/mol. The molecule has 2 rings (SSSR count). The number of aryl methyl sites for hydroxylation is 1. The molecule has 0 radical (unpaired) electrons. The highest BCUT2D eigenvalue weighted by Gasteiger charge is 2.19. The molecule has 1 aromatic rings. The van der Waals surface area contributed by atoms with E-state index in [9.17, 15) is 0 Å². The Bertz CT molecular complexity index is 389. The van der Waals surface area contributed by atoms with Crippen LogP contribution in [0.15, 0.2) is 23.1 Å². The van der Waals surface area contributed by atoms with Crippen molar-refractivity contribution in [3.63, 3.8) is 0 Å². The molecule has 0 amide bonds. The second-order valence-electron chi connectivity index (χ2n) is 5.63. The zero-order valence-corrected chi connectivity index (χ0v) is 12.6. The summed E-state index contributed by atoms with van der Waals surface area (Å²) in [5.41, 5.74) is 2.83. The third-order valence-electron chi connectivity index (χ3n) is 3.87. The van der Waals surface area contributed by atoms with Crippen molar-refractivity contribution in [1.29, 1.82) is 0 Å². The molecule has 100 valence electrons. The Morgan fingerprint density at radius 1 is 1.33 bits per heavy atom. The SMILES string of the molecule is CNCc1ccc(SC2CCCC(C)C2)cc1C. The molecule has 0 spiro atoms. The number of rotatable bonds is 4. The summed E-state index contributed by atoms with van der Waals surface area (Å²) in [5.74, 6) is 0.918. The van der Waals surface area contributed by atoms with Gasteiger partial charge in [0.1, 0.15) is 0 Å². The van der Waals surface area contributed by atoms with E-state index in [1.165, 1.54) is 41.7 Å². The van der Waals surface area contributed by atoms with Crippen LogP contribution in [0.3, 0.4) is 0 Å². The molecule has 1 N–H and O–H groups in total. The predicted molar refractivity (Wildman–Crippen MR) is 81.2 cm³/mol. The summed E-state index contributed by atoms with van der Waals surface area (Å²) in [6, 6.07) is 6.93. The van der Waals surface area contributed by atoms with Gasteiger partial charge in [0.25, 0.3) is 0 Å². The summed E-state index contributed by atoms with van der Waals surface area (Å²) in [5, 5.41) is 4.06. The molecule has 1 nitrogen and oxygen atoms in total. The van der Waals surface area contributed by atoms with E-state index in [0.717, 1.165) is 17.7 Å². The molecule has 0 aliphatic heterocycles. The maximum absolute atomic E-state index is 3.22. The zero-order chi connectivity index (χ0) is 13.0. The number of hydrogen-bond acceptors (Lipinski definition) is 2. The third kappa shape index (κ3) is 3.76. The Morgan fingerprint density at radius 2 is 2.17 bits per heavy atom. The number of hydrogen-bond donors (Lipinski definition) is 1. The smallest absolute Gasteiger partial charge is 0.0205 e. The van der Waals surface area contributed by atoms with Gasteiger partial charge < -0.3 is 5.32 Å². The Labute approximate surface area is 116 Å². The second-order valence-corrected chi connectivity index (χ2v) is 7.00. The van der Waals surface area contributed by atoms with Crippen molar-refractivity contribution in [2.75, 3.05) is 7.05 Å². The van der Waals surface area contributed by atoms with E-state index >= 15 is 0 Å². The van der Waals surface area contributed by atoms with E-state index < -0.39 is 0 Å². The summed E-state index contributed by atoms with van der Waals surface area (Å²) >= 11 is 2.09. The van der Waals surface area contributed by atoms with E-state index in [-0.39, 0.29) is 0 Å². The quantitative estimate of drug-likeness (QED) is 0.865. The van der Waals surface area contributed by atoms with Gasteiger partial charge in [-0.2, -0.15) is 0 Å². The molecule has 1 saturated carbocycles. The maximum atomic E-state index is 3.22. The molecule has 2 atom stereocenters. The van der Waals surface area contributed by atoms with Crippen LogP contribution in [0.25, 0.3) is 0 Å². The summed E-state index contributed by atoms with van der Waals surface area (Å²) in [7, 11) is 2.01. The maximum Gasteiger partial charge on any atom is 0.0205 e. The van der Waals surface area contributed by atoms with Crippen LogP contribution >= 0.6 is 11.8 Å². The van der Waals surface area contributed by atoms with Crippen molar-refractivity contribution in [2.45, 2.75) is 56.2 Å². The summed E-state index contributed by atoms with van der Waals surface area (Å²) in [6.45, 7) is 5.59. The average molecular weight is 263 g/mol. The Morgan fingerprint density at radius 3 is 2.83 bits per heavy atom. The van der Waals surface area contributed by atoms with Gasteiger partial charge in [-0.15, -0.1) is 11.8 Å². The first kappa shape index (κ1) is 14.0. The van der Waals surface area contributed by atoms with Crippen LogP contribution in [-0.4, -0.2) is 12.3 Å². The molecule has 1 aromatic carbocycles. The molecule has 1 aliphatic rings.